The minimum absolute atomic E-state index is 0.148. The molecule has 8 aromatic rings. The van der Waals surface area contributed by atoms with Crippen LogP contribution in [0.25, 0.3) is 66.1 Å². The second kappa shape index (κ2) is 13.8. The molecule has 0 N–H and O–H groups in total. The van der Waals surface area contributed by atoms with Gasteiger partial charge >= 0.3 is 0 Å². The molecule has 0 spiro atoms. The summed E-state index contributed by atoms with van der Waals surface area (Å²) in [6.45, 7) is 25.2. The van der Waals surface area contributed by atoms with Gasteiger partial charge in [-0.1, -0.05) is 132 Å². The number of aromatic nitrogens is 2. The Bertz CT molecular complexity index is 2840. The van der Waals surface area contributed by atoms with E-state index >= 15 is 17.6 Å². The normalized spacial score (nSPS) is 13.0. The number of rotatable bonds is 3. The van der Waals surface area contributed by atoms with Crippen LogP contribution in [0.15, 0.2) is 84.9 Å². The second-order valence-corrected chi connectivity index (χ2v) is 20.5. The molecule has 3 nitrogen and oxygen atoms in total. The minimum Gasteiger partial charge on any atom is -0.308 e. The average molecular weight is 824 g/mol. The summed E-state index contributed by atoms with van der Waals surface area (Å²) in [5.41, 5.74) is 4.98. The Labute approximate surface area is 354 Å². The highest BCUT2D eigenvalue weighted by atomic mass is 19.2. The van der Waals surface area contributed by atoms with Gasteiger partial charge in [0.05, 0.1) is 39.0 Å². The van der Waals surface area contributed by atoms with Crippen molar-refractivity contribution < 1.29 is 22.0 Å². The van der Waals surface area contributed by atoms with E-state index in [1.165, 1.54) is 12.1 Å². The van der Waals surface area contributed by atoms with Crippen LogP contribution in [0.2, 0.25) is 0 Å². The first-order valence-electron chi connectivity index (χ1n) is 20.6. The van der Waals surface area contributed by atoms with Crippen LogP contribution in [0.3, 0.4) is 0 Å². The molecule has 61 heavy (non-hydrogen) atoms. The molecule has 2 heterocycles. The molecular weight excluding hydrogens is 774 g/mol. The third kappa shape index (κ3) is 6.68. The largest absolute Gasteiger partial charge is 0.308 e. The topological polar surface area (TPSA) is 33.6 Å². The first kappa shape index (κ1) is 41.8. The van der Waals surface area contributed by atoms with Crippen LogP contribution in [0, 0.1) is 40.4 Å². The molecule has 6 aromatic carbocycles. The van der Waals surface area contributed by atoms with Gasteiger partial charge < -0.3 is 9.13 Å². The van der Waals surface area contributed by atoms with Gasteiger partial charge in [-0.15, -0.1) is 0 Å². The van der Waals surface area contributed by atoms with Gasteiger partial charge in [-0.25, -0.2) is 22.0 Å². The van der Waals surface area contributed by atoms with E-state index in [-0.39, 0.29) is 44.2 Å². The molecule has 8 rings (SSSR count). The van der Waals surface area contributed by atoms with E-state index in [4.69, 9.17) is 0 Å². The van der Waals surface area contributed by atoms with Crippen LogP contribution in [-0.4, -0.2) is 9.13 Å². The van der Waals surface area contributed by atoms with Crippen molar-refractivity contribution in [1.29, 1.82) is 5.26 Å². The molecule has 8 heteroatoms. The fourth-order valence-corrected chi connectivity index (χ4v) is 8.50. The van der Waals surface area contributed by atoms with Crippen LogP contribution >= 0.6 is 0 Å². The Morgan fingerprint density at radius 1 is 0.393 bits per heavy atom. The molecule has 0 amide bonds. The third-order valence-corrected chi connectivity index (χ3v) is 12.2. The van der Waals surface area contributed by atoms with Gasteiger partial charge in [0.2, 0.25) is 5.82 Å². The van der Waals surface area contributed by atoms with Gasteiger partial charge in [-0.2, -0.15) is 5.26 Å². The van der Waals surface area contributed by atoms with Gasteiger partial charge in [0.15, 0.2) is 23.3 Å². The summed E-state index contributed by atoms with van der Waals surface area (Å²) in [6.07, 6.45) is 0. The van der Waals surface area contributed by atoms with E-state index in [0.29, 0.717) is 0 Å². The fourth-order valence-electron chi connectivity index (χ4n) is 8.50. The summed E-state index contributed by atoms with van der Waals surface area (Å²) in [4.78, 5) is 0. The fraction of sp³-hybridized carbons (Fsp3) is 0.302. The summed E-state index contributed by atoms with van der Waals surface area (Å²) >= 11 is 0. The molecule has 312 valence electrons. The molecule has 0 bridgehead atoms. The number of nitrogens with zero attached hydrogens (tertiary/aromatic N) is 3. The molecule has 0 radical (unpaired) electrons. The number of benzene rings is 6. The summed E-state index contributed by atoms with van der Waals surface area (Å²) in [7, 11) is 0. The van der Waals surface area contributed by atoms with E-state index in [1.807, 2.05) is 33.4 Å². The van der Waals surface area contributed by atoms with Crippen molar-refractivity contribution in [3.63, 3.8) is 0 Å². The lowest BCUT2D eigenvalue weighted by atomic mass is 9.86. The molecular formula is C53H50F5N3. The van der Waals surface area contributed by atoms with Gasteiger partial charge in [0.25, 0.3) is 0 Å². The van der Waals surface area contributed by atoms with Crippen molar-refractivity contribution in [2.75, 3.05) is 0 Å². The average Bonchev–Trinajstić information content (AvgIpc) is 3.69. The van der Waals surface area contributed by atoms with Gasteiger partial charge in [0, 0.05) is 21.5 Å². The minimum atomic E-state index is -2.24. The molecule has 0 unspecified atom stereocenters. The smallest absolute Gasteiger partial charge is 0.200 e. The molecule has 0 aliphatic rings. The summed E-state index contributed by atoms with van der Waals surface area (Å²) in [6, 6.07) is 30.0. The maximum absolute atomic E-state index is 16.2. The highest BCUT2D eigenvalue weighted by molar-refractivity contribution is 6.12. The molecule has 0 aliphatic carbocycles. The van der Waals surface area contributed by atoms with E-state index in [2.05, 4.69) is 138 Å². The predicted molar refractivity (Wildman–Crippen MR) is 240 cm³/mol. The highest BCUT2D eigenvalue weighted by Gasteiger charge is 2.31. The van der Waals surface area contributed by atoms with Crippen LogP contribution in [0.4, 0.5) is 22.0 Å². The Kier molecular flexibility index (Phi) is 9.44. The molecule has 0 aliphatic heterocycles. The quantitative estimate of drug-likeness (QED) is 0.0993. The van der Waals surface area contributed by atoms with E-state index < -0.39 is 34.6 Å². The van der Waals surface area contributed by atoms with Crippen molar-refractivity contribution in [3.05, 3.63) is 142 Å². The second-order valence-electron chi connectivity index (χ2n) is 20.5. The molecule has 0 saturated heterocycles. The Morgan fingerprint density at radius 2 is 0.656 bits per heavy atom. The monoisotopic (exact) mass is 823 g/mol. The van der Waals surface area contributed by atoms with Crippen molar-refractivity contribution in [1.82, 2.24) is 9.13 Å². The standard InChI is InChI=1S/C53H50F5N3/c1-50(2,3)29-13-17-33-34-18-14-30(51(4,5)6)24-41(34)60(40(33)23-29)38-21-28(44-45(54)47(56)49(58)48(57)46(44)55)22-39(37(38)27-59)61-42-25-31(52(7,8)9)15-19-35(42)36-20-16-32(26-43(36)61)53(10,11)12/h13-26H,1-12H3. The van der Waals surface area contributed by atoms with Crippen molar-refractivity contribution in [3.8, 4) is 28.6 Å². The number of hydrogen-bond donors (Lipinski definition) is 0. The zero-order chi connectivity index (χ0) is 44.5. The number of fused-ring (bicyclic) bond motifs is 6. The molecule has 0 fully saturated rings. The highest BCUT2D eigenvalue weighted by Crippen LogP contribution is 2.44. The predicted octanol–water partition coefficient (Wildman–Crippen LogP) is 15.3. The van der Waals surface area contributed by atoms with E-state index in [0.717, 1.165) is 65.9 Å². The molecule has 0 saturated carbocycles. The summed E-state index contributed by atoms with van der Waals surface area (Å²) in [5, 5.41) is 15.0. The Morgan fingerprint density at radius 3 is 0.902 bits per heavy atom. The SMILES string of the molecule is CC(C)(C)c1ccc2c3ccc(C(C)(C)C)cc3n(-c3cc(-c4c(F)c(F)c(F)c(F)c4F)cc(-n4c5cc(C(C)(C)C)ccc5c5ccc(C(C)(C)C)cc54)c3C#N)c2c1. The van der Waals surface area contributed by atoms with Gasteiger partial charge in [-0.05, 0) is 85.9 Å². The summed E-state index contributed by atoms with van der Waals surface area (Å²) < 4.78 is 81.3. The zero-order valence-electron chi connectivity index (χ0n) is 36.8. The first-order chi connectivity index (χ1) is 28.3. The number of hydrogen-bond acceptors (Lipinski definition) is 1. The van der Waals surface area contributed by atoms with Crippen molar-refractivity contribution in [2.45, 2.75) is 105 Å². The van der Waals surface area contributed by atoms with E-state index in [1.54, 1.807) is 0 Å². The van der Waals surface area contributed by atoms with E-state index in [9.17, 15) is 9.65 Å². The van der Waals surface area contributed by atoms with Crippen LogP contribution in [0.1, 0.15) is 111 Å². The maximum Gasteiger partial charge on any atom is 0.200 e. The van der Waals surface area contributed by atoms with Crippen molar-refractivity contribution >= 4 is 43.6 Å². The lowest BCUT2D eigenvalue weighted by Gasteiger charge is -2.23. The Hall–Kier alpha value is -5.94. The number of halogens is 5. The van der Waals surface area contributed by atoms with Crippen LogP contribution in [0.5, 0.6) is 0 Å². The van der Waals surface area contributed by atoms with Crippen molar-refractivity contribution in [2.24, 2.45) is 0 Å². The van der Waals surface area contributed by atoms with Crippen LogP contribution < -0.4 is 0 Å². The Balaban J connectivity index is 1.65. The third-order valence-electron chi connectivity index (χ3n) is 12.2. The van der Waals surface area contributed by atoms with Gasteiger partial charge in [-0.3, -0.25) is 0 Å². The number of nitriles is 1. The zero-order valence-corrected chi connectivity index (χ0v) is 36.8. The summed E-state index contributed by atoms with van der Waals surface area (Å²) in [5.74, 6) is -10.3. The lowest BCUT2D eigenvalue weighted by molar-refractivity contribution is 0.381. The van der Waals surface area contributed by atoms with Gasteiger partial charge in [0.1, 0.15) is 11.6 Å². The maximum atomic E-state index is 16.2. The lowest BCUT2D eigenvalue weighted by Crippen LogP contribution is -2.12. The molecule has 0 atom stereocenters. The molecule has 2 aromatic heterocycles. The van der Waals surface area contributed by atoms with Crippen LogP contribution in [-0.2, 0) is 21.7 Å². The first-order valence-corrected chi connectivity index (χ1v) is 20.6.